The van der Waals surface area contributed by atoms with Gasteiger partial charge in [0.05, 0.1) is 32.5 Å². The van der Waals surface area contributed by atoms with Gasteiger partial charge >= 0.3 is 0 Å². The summed E-state index contributed by atoms with van der Waals surface area (Å²) in [4.78, 5) is 22.1. The number of carbonyl (C=O) groups is 1. The fraction of sp³-hybridized carbons (Fsp3) is 0.286. The molecule has 2 aromatic carbocycles. The Morgan fingerprint density at radius 2 is 1.70 bits per heavy atom. The van der Waals surface area contributed by atoms with Crippen molar-refractivity contribution < 1.29 is 28.8 Å². The van der Waals surface area contributed by atoms with E-state index < -0.39 is 0 Å². The molecule has 37 heavy (non-hydrogen) atoms. The van der Waals surface area contributed by atoms with Crippen molar-refractivity contribution in [3.05, 3.63) is 71.1 Å². The number of piperazine rings is 1. The van der Waals surface area contributed by atoms with E-state index in [9.17, 15) is 9.90 Å². The summed E-state index contributed by atoms with van der Waals surface area (Å²) >= 11 is 0. The van der Waals surface area contributed by atoms with Crippen LogP contribution in [0.5, 0.6) is 28.7 Å². The van der Waals surface area contributed by atoms with E-state index >= 15 is 0 Å². The van der Waals surface area contributed by atoms with Gasteiger partial charge in [0.2, 0.25) is 5.78 Å². The second-order valence-electron chi connectivity index (χ2n) is 8.78. The number of ether oxygens (including phenoxy) is 4. The maximum absolute atomic E-state index is 13.2. The molecule has 0 atom stereocenters. The van der Waals surface area contributed by atoms with Crippen molar-refractivity contribution in [1.29, 1.82) is 0 Å². The quantitative estimate of drug-likeness (QED) is 0.484. The van der Waals surface area contributed by atoms with Gasteiger partial charge in [0, 0.05) is 50.6 Å². The third-order valence-electron chi connectivity index (χ3n) is 6.67. The molecule has 0 amide bonds. The van der Waals surface area contributed by atoms with Gasteiger partial charge in [0.25, 0.3) is 0 Å². The van der Waals surface area contributed by atoms with Gasteiger partial charge in [-0.3, -0.25) is 9.69 Å². The summed E-state index contributed by atoms with van der Waals surface area (Å²) in [7, 11) is 4.63. The molecule has 2 aliphatic heterocycles. The van der Waals surface area contributed by atoms with Crippen molar-refractivity contribution in [2.24, 2.45) is 0 Å². The Bertz CT molecular complexity index is 1330. The highest BCUT2D eigenvalue weighted by molar-refractivity contribution is 6.15. The number of pyridine rings is 1. The van der Waals surface area contributed by atoms with Crippen LogP contribution in [0.3, 0.4) is 0 Å². The number of carbonyl (C=O) groups excluding carboxylic acids is 1. The molecule has 9 heteroatoms. The van der Waals surface area contributed by atoms with Gasteiger partial charge in [0.1, 0.15) is 23.1 Å². The Labute approximate surface area is 215 Å². The number of fused-ring (bicyclic) bond motifs is 1. The van der Waals surface area contributed by atoms with Crippen molar-refractivity contribution in [3.63, 3.8) is 0 Å². The number of aromatic hydroxyl groups is 1. The molecule has 1 saturated heterocycles. The van der Waals surface area contributed by atoms with E-state index in [0.717, 1.165) is 32.0 Å². The lowest BCUT2D eigenvalue weighted by atomic mass is 10.0. The Balaban J connectivity index is 1.38. The topological polar surface area (TPSA) is 93.6 Å². The monoisotopic (exact) mass is 503 g/mol. The summed E-state index contributed by atoms with van der Waals surface area (Å²) < 4.78 is 22.3. The Morgan fingerprint density at radius 3 is 2.38 bits per heavy atom. The summed E-state index contributed by atoms with van der Waals surface area (Å²) in [6.07, 6.45) is 3.42. The van der Waals surface area contributed by atoms with Gasteiger partial charge in [0.15, 0.2) is 17.3 Å². The van der Waals surface area contributed by atoms with Crippen LogP contribution in [0.2, 0.25) is 0 Å². The normalized spacial score (nSPS) is 16.5. The predicted octanol–water partition coefficient (Wildman–Crippen LogP) is 3.75. The number of hydrogen-bond acceptors (Lipinski definition) is 9. The van der Waals surface area contributed by atoms with Crippen LogP contribution in [0.4, 0.5) is 5.82 Å². The Hall–Kier alpha value is -4.24. The molecule has 0 unspecified atom stereocenters. The summed E-state index contributed by atoms with van der Waals surface area (Å²) in [5.74, 6) is 2.86. The first-order chi connectivity index (χ1) is 18.0. The highest BCUT2D eigenvalue weighted by atomic mass is 16.5. The highest BCUT2D eigenvalue weighted by Gasteiger charge is 2.32. The molecule has 0 bridgehead atoms. The van der Waals surface area contributed by atoms with Gasteiger partial charge in [-0.05, 0) is 36.4 Å². The molecule has 1 aromatic heterocycles. The minimum Gasteiger partial charge on any atom is -0.507 e. The van der Waals surface area contributed by atoms with Gasteiger partial charge < -0.3 is 29.0 Å². The van der Waals surface area contributed by atoms with E-state index in [2.05, 4.69) is 14.8 Å². The van der Waals surface area contributed by atoms with E-state index in [1.807, 2.05) is 18.2 Å². The minimum atomic E-state index is -0.256. The van der Waals surface area contributed by atoms with Crippen LogP contribution in [0.1, 0.15) is 21.5 Å². The molecule has 3 aromatic rings. The molecule has 0 radical (unpaired) electrons. The number of hydrogen-bond donors (Lipinski definition) is 1. The number of nitrogens with zero attached hydrogens (tertiary/aromatic N) is 3. The first-order valence-electron chi connectivity index (χ1n) is 12.0. The van der Waals surface area contributed by atoms with E-state index in [0.29, 0.717) is 46.2 Å². The maximum atomic E-state index is 13.2. The number of allylic oxidation sites excluding steroid dienone is 1. The van der Waals surface area contributed by atoms with Gasteiger partial charge in [-0.1, -0.05) is 6.07 Å². The number of aromatic nitrogens is 1. The van der Waals surface area contributed by atoms with Gasteiger partial charge in [-0.25, -0.2) is 4.98 Å². The van der Waals surface area contributed by atoms with Crippen molar-refractivity contribution in [1.82, 2.24) is 9.88 Å². The molecule has 1 N–H and O–H groups in total. The molecule has 192 valence electrons. The lowest BCUT2D eigenvalue weighted by Gasteiger charge is -2.35. The van der Waals surface area contributed by atoms with E-state index in [4.69, 9.17) is 18.9 Å². The van der Waals surface area contributed by atoms with Crippen LogP contribution in [-0.2, 0) is 6.54 Å². The average Bonchev–Trinajstić information content (AvgIpc) is 3.25. The average molecular weight is 504 g/mol. The number of Topliss-reactive ketones (excluding diaryl/α,β-unsaturated/α-hetero) is 1. The number of phenols is 1. The number of anilines is 1. The largest absolute Gasteiger partial charge is 0.507 e. The second kappa shape index (κ2) is 10.4. The van der Waals surface area contributed by atoms with Crippen LogP contribution in [0.25, 0.3) is 6.08 Å². The Kier molecular flexibility index (Phi) is 6.87. The SMILES string of the molecule is COc1cc(OC)c(OC)cc1/C=C1\Oc2c(ccc(O)c2CN2CCN(c3ccccn3)CC2)C1=O. The lowest BCUT2D eigenvalue weighted by molar-refractivity contribution is 0.101. The van der Waals surface area contributed by atoms with Crippen LogP contribution in [-0.4, -0.2) is 68.3 Å². The van der Waals surface area contributed by atoms with Crippen molar-refractivity contribution in [3.8, 4) is 28.7 Å². The number of methoxy groups -OCH3 is 3. The van der Waals surface area contributed by atoms with Crippen LogP contribution in [0.15, 0.2) is 54.4 Å². The smallest absolute Gasteiger partial charge is 0.231 e. The summed E-state index contributed by atoms with van der Waals surface area (Å²) in [6, 6.07) is 12.5. The molecule has 5 rings (SSSR count). The third kappa shape index (κ3) is 4.77. The second-order valence-corrected chi connectivity index (χ2v) is 8.78. The van der Waals surface area contributed by atoms with Gasteiger partial charge in [-0.15, -0.1) is 0 Å². The molecular weight excluding hydrogens is 474 g/mol. The molecule has 0 aliphatic carbocycles. The fourth-order valence-corrected chi connectivity index (χ4v) is 4.66. The molecule has 9 nitrogen and oxygen atoms in total. The number of ketones is 1. The summed E-state index contributed by atoms with van der Waals surface area (Å²) in [5.41, 5.74) is 1.62. The molecule has 3 heterocycles. The van der Waals surface area contributed by atoms with Crippen molar-refractivity contribution in [2.75, 3.05) is 52.4 Å². The highest BCUT2D eigenvalue weighted by Crippen LogP contribution is 2.42. The third-order valence-corrected chi connectivity index (χ3v) is 6.67. The lowest BCUT2D eigenvalue weighted by Crippen LogP contribution is -2.46. The Morgan fingerprint density at radius 1 is 0.973 bits per heavy atom. The first-order valence-corrected chi connectivity index (χ1v) is 12.0. The number of rotatable bonds is 7. The van der Waals surface area contributed by atoms with Crippen molar-refractivity contribution >= 4 is 17.7 Å². The van der Waals surface area contributed by atoms with Crippen molar-refractivity contribution in [2.45, 2.75) is 6.54 Å². The number of phenolic OH excluding ortho intramolecular Hbond substituents is 1. The van der Waals surface area contributed by atoms with E-state index in [-0.39, 0.29) is 17.3 Å². The van der Waals surface area contributed by atoms with Crippen LogP contribution in [0, 0.1) is 0 Å². The predicted molar refractivity (Wildman–Crippen MR) is 139 cm³/mol. The molecule has 2 aliphatic rings. The number of benzene rings is 2. The first kappa shape index (κ1) is 24.5. The summed E-state index contributed by atoms with van der Waals surface area (Å²) in [5, 5.41) is 10.7. The zero-order chi connectivity index (χ0) is 25.9. The van der Waals surface area contributed by atoms with Crippen LogP contribution < -0.4 is 23.8 Å². The minimum absolute atomic E-state index is 0.101. The molecule has 1 fully saturated rings. The van der Waals surface area contributed by atoms with Gasteiger partial charge in [-0.2, -0.15) is 0 Å². The standard InChI is InChI=1S/C28H29N3O6/c1-34-22-16-24(36-3)23(35-2)14-18(22)15-25-27(33)19-7-8-21(32)20(28(19)37-25)17-30-10-12-31(13-11-30)26-6-4-5-9-29-26/h4-9,14-16,32H,10-13,17H2,1-3H3/b25-15-. The molecular formula is C28H29N3O6. The maximum Gasteiger partial charge on any atom is 0.231 e. The van der Waals surface area contributed by atoms with E-state index in [1.54, 1.807) is 57.9 Å². The van der Waals surface area contributed by atoms with E-state index in [1.165, 1.54) is 0 Å². The summed E-state index contributed by atoms with van der Waals surface area (Å²) in [6.45, 7) is 3.68. The molecule has 0 spiro atoms. The zero-order valence-corrected chi connectivity index (χ0v) is 21.1. The molecule has 0 saturated carbocycles. The van der Waals surface area contributed by atoms with Crippen LogP contribution >= 0.6 is 0 Å². The zero-order valence-electron chi connectivity index (χ0n) is 21.1. The fourth-order valence-electron chi connectivity index (χ4n) is 4.66.